The number of amides is 1. The molecule has 0 bridgehead atoms. The number of aryl methyl sites for hydroxylation is 1. The van der Waals surface area contributed by atoms with Crippen LogP contribution in [0, 0.1) is 11.5 Å². The predicted molar refractivity (Wildman–Crippen MR) is 90.5 cm³/mol. The molecule has 1 unspecified atom stereocenters. The molecule has 126 valence electrons. The summed E-state index contributed by atoms with van der Waals surface area (Å²) >= 11 is 0. The number of likely N-dealkylation sites (tertiary alicyclic amines) is 1. The number of rotatable bonds is 3. The summed E-state index contributed by atoms with van der Waals surface area (Å²) in [7, 11) is 1.87. The van der Waals surface area contributed by atoms with E-state index in [1.165, 1.54) is 0 Å². The molecule has 0 saturated carbocycles. The summed E-state index contributed by atoms with van der Waals surface area (Å²) in [5.41, 5.74) is 3.10. The molecule has 8 nitrogen and oxygen atoms in total. The molecular weight excluding hydrogens is 318 g/mol. The lowest BCUT2D eigenvalue weighted by molar-refractivity contribution is 0.0934. The van der Waals surface area contributed by atoms with E-state index >= 15 is 0 Å². The van der Waals surface area contributed by atoms with Crippen molar-refractivity contribution in [3.63, 3.8) is 0 Å². The Morgan fingerprint density at radius 2 is 2.20 bits per heavy atom. The van der Waals surface area contributed by atoms with Crippen molar-refractivity contribution < 1.29 is 4.79 Å². The smallest absolute Gasteiger partial charge is 0.271 e. The fraction of sp³-hybridized carbons (Fsp3) is 0.294. The number of aromatic nitrogens is 4. The Balaban J connectivity index is 1.55. The molecule has 4 rings (SSSR count). The lowest BCUT2D eigenvalue weighted by Gasteiger charge is -2.10. The zero-order chi connectivity index (χ0) is 17.4. The first-order valence-electron chi connectivity index (χ1n) is 8.06. The van der Waals surface area contributed by atoms with Gasteiger partial charge in [-0.25, -0.2) is 4.98 Å². The molecule has 1 fully saturated rings. The van der Waals surface area contributed by atoms with Crippen molar-refractivity contribution in [3.8, 4) is 17.3 Å². The number of pyridine rings is 1. The van der Waals surface area contributed by atoms with Crippen LogP contribution in [0.15, 0.2) is 36.9 Å². The lowest BCUT2D eigenvalue weighted by Crippen LogP contribution is -2.36. The Bertz CT molecular complexity index is 980. The van der Waals surface area contributed by atoms with E-state index in [9.17, 15) is 4.79 Å². The van der Waals surface area contributed by atoms with E-state index in [2.05, 4.69) is 21.6 Å². The minimum Gasteiger partial charge on any atom is -0.346 e. The molecule has 1 N–H and O–H groups in total. The molecule has 0 aliphatic carbocycles. The molecule has 1 aliphatic heterocycles. The second-order valence-corrected chi connectivity index (χ2v) is 6.22. The topological polar surface area (TPSA) is 91.2 Å². The highest BCUT2D eigenvalue weighted by Crippen LogP contribution is 2.19. The van der Waals surface area contributed by atoms with Crippen LogP contribution in [-0.4, -0.2) is 49.1 Å². The van der Waals surface area contributed by atoms with Gasteiger partial charge in [-0.15, -0.1) is 0 Å². The van der Waals surface area contributed by atoms with Gasteiger partial charge in [-0.1, -0.05) is 0 Å². The van der Waals surface area contributed by atoms with Crippen LogP contribution in [0.3, 0.4) is 0 Å². The van der Waals surface area contributed by atoms with Gasteiger partial charge in [-0.3, -0.25) is 9.48 Å². The quantitative estimate of drug-likeness (QED) is 0.722. The highest BCUT2D eigenvalue weighted by atomic mass is 16.2. The number of carbonyl (C=O) groups excluding carboxylic acids is 1. The van der Waals surface area contributed by atoms with E-state index in [-0.39, 0.29) is 11.9 Å². The van der Waals surface area contributed by atoms with Gasteiger partial charge >= 0.3 is 0 Å². The highest BCUT2D eigenvalue weighted by molar-refractivity contribution is 5.93. The summed E-state index contributed by atoms with van der Waals surface area (Å²) in [5.74, 6) is -0.212. The molecule has 8 heteroatoms. The van der Waals surface area contributed by atoms with Gasteiger partial charge < -0.3 is 14.6 Å². The second kappa shape index (κ2) is 5.94. The van der Waals surface area contributed by atoms with E-state index in [1.54, 1.807) is 22.0 Å². The van der Waals surface area contributed by atoms with E-state index in [0.29, 0.717) is 24.4 Å². The third-order valence-corrected chi connectivity index (χ3v) is 4.39. The maximum Gasteiger partial charge on any atom is 0.271 e. The molecule has 0 spiro atoms. The summed E-state index contributed by atoms with van der Waals surface area (Å²) in [6.45, 7) is 1.24. The fourth-order valence-electron chi connectivity index (χ4n) is 3.07. The molecule has 3 aromatic heterocycles. The van der Waals surface area contributed by atoms with Crippen molar-refractivity contribution in [2.24, 2.45) is 7.05 Å². The zero-order valence-electron chi connectivity index (χ0n) is 13.8. The van der Waals surface area contributed by atoms with E-state index < -0.39 is 0 Å². The standard InChI is InChI=1S/C17H17N7O/c1-22-7-13(6-19-22)12-2-3-16-21-15(10-24(16)8-12)17(25)20-14-4-5-23(9-14)11-18/h2-3,6-8,10,14H,4-5,9H2,1H3,(H,20,25). The van der Waals surface area contributed by atoms with Crippen LogP contribution in [0.2, 0.25) is 0 Å². The van der Waals surface area contributed by atoms with Crippen molar-refractivity contribution in [2.75, 3.05) is 13.1 Å². The fourth-order valence-corrected chi connectivity index (χ4v) is 3.07. The minimum atomic E-state index is -0.212. The van der Waals surface area contributed by atoms with Crippen LogP contribution >= 0.6 is 0 Å². The maximum absolute atomic E-state index is 12.4. The molecule has 1 atom stereocenters. The molecule has 3 aromatic rings. The monoisotopic (exact) mass is 335 g/mol. The van der Waals surface area contributed by atoms with Crippen LogP contribution in [-0.2, 0) is 7.05 Å². The molecule has 1 amide bonds. The van der Waals surface area contributed by atoms with E-state index in [1.807, 2.05) is 36.0 Å². The largest absolute Gasteiger partial charge is 0.346 e. The SMILES string of the molecule is Cn1cc(-c2ccc3nc(C(=O)NC4CCN(C#N)C4)cn3c2)cn1. The normalized spacial score (nSPS) is 17.0. The number of nitriles is 1. The van der Waals surface area contributed by atoms with Crippen LogP contribution in [0.4, 0.5) is 0 Å². The molecule has 4 heterocycles. The van der Waals surface area contributed by atoms with Crippen LogP contribution < -0.4 is 5.32 Å². The van der Waals surface area contributed by atoms with Crippen LogP contribution in [0.25, 0.3) is 16.8 Å². The van der Waals surface area contributed by atoms with Gasteiger partial charge in [0, 0.05) is 55.9 Å². The Morgan fingerprint density at radius 3 is 2.92 bits per heavy atom. The van der Waals surface area contributed by atoms with Crippen molar-refractivity contribution in [2.45, 2.75) is 12.5 Å². The number of hydrogen-bond acceptors (Lipinski definition) is 5. The summed E-state index contributed by atoms with van der Waals surface area (Å²) in [6.07, 6.45) is 10.3. The predicted octanol–water partition coefficient (Wildman–Crippen LogP) is 1.02. The number of carbonyl (C=O) groups is 1. The Kier molecular flexibility index (Phi) is 3.61. The number of fused-ring (bicyclic) bond motifs is 1. The first-order valence-corrected chi connectivity index (χ1v) is 8.06. The second-order valence-electron chi connectivity index (χ2n) is 6.22. The maximum atomic E-state index is 12.4. The molecule has 0 aromatic carbocycles. The third-order valence-electron chi connectivity index (χ3n) is 4.39. The molecule has 25 heavy (non-hydrogen) atoms. The lowest BCUT2D eigenvalue weighted by atomic mass is 10.2. The van der Waals surface area contributed by atoms with Gasteiger partial charge in [0.25, 0.3) is 5.91 Å². The average Bonchev–Trinajstić information content (AvgIpc) is 3.32. The summed E-state index contributed by atoms with van der Waals surface area (Å²) in [6, 6.07) is 3.83. The van der Waals surface area contributed by atoms with Gasteiger partial charge in [0.15, 0.2) is 6.19 Å². The first-order chi connectivity index (χ1) is 12.1. The van der Waals surface area contributed by atoms with Crippen molar-refractivity contribution >= 4 is 11.6 Å². The average molecular weight is 335 g/mol. The van der Waals surface area contributed by atoms with Crippen LogP contribution in [0.1, 0.15) is 16.9 Å². The van der Waals surface area contributed by atoms with Gasteiger partial charge in [-0.05, 0) is 18.6 Å². The van der Waals surface area contributed by atoms with Gasteiger partial charge in [0.05, 0.1) is 6.20 Å². The summed E-state index contributed by atoms with van der Waals surface area (Å²) < 4.78 is 3.59. The Morgan fingerprint density at radius 1 is 1.32 bits per heavy atom. The Labute approximate surface area is 144 Å². The van der Waals surface area contributed by atoms with E-state index in [0.717, 1.165) is 17.5 Å². The summed E-state index contributed by atoms with van der Waals surface area (Å²) in [4.78, 5) is 18.5. The zero-order valence-corrected chi connectivity index (χ0v) is 13.8. The van der Waals surface area contributed by atoms with Crippen molar-refractivity contribution in [1.29, 1.82) is 5.26 Å². The van der Waals surface area contributed by atoms with Gasteiger partial charge in [0.1, 0.15) is 11.3 Å². The minimum absolute atomic E-state index is 0.0112. The van der Waals surface area contributed by atoms with Gasteiger partial charge in [-0.2, -0.15) is 10.4 Å². The summed E-state index contributed by atoms with van der Waals surface area (Å²) in [5, 5.41) is 16.0. The molecular formula is C17H17N7O. The molecule has 0 radical (unpaired) electrons. The third kappa shape index (κ3) is 2.92. The van der Waals surface area contributed by atoms with Crippen LogP contribution in [0.5, 0.6) is 0 Å². The molecule has 1 saturated heterocycles. The number of nitrogens with one attached hydrogen (secondary N) is 1. The Hall–Kier alpha value is -3.34. The number of nitrogens with zero attached hydrogens (tertiary/aromatic N) is 6. The first kappa shape index (κ1) is 15.2. The number of imidazole rings is 1. The number of hydrogen-bond donors (Lipinski definition) is 1. The van der Waals surface area contributed by atoms with Gasteiger partial charge in [0.2, 0.25) is 0 Å². The molecule has 1 aliphatic rings. The van der Waals surface area contributed by atoms with E-state index in [4.69, 9.17) is 5.26 Å². The van der Waals surface area contributed by atoms with Crippen molar-refractivity contribution in [1.82, 2.24) is 29.4 Å². The van der Waals surface area contributed by atoms with Crippen molar-refractivity contribution in [3.05, 3.63) is 42.6 Å². The highest BCUT2D eigenvalue weighted by Gasteiger charge is 2.24.